The number of amides is 2. The molecule has 2 unspecified atom stereocenters. The molecule has 2 amide bonds. The van der Waals surface area contributed by atoms with Gasteiger partial charge in [-0.1, -0.05) is 28.6 Å². The van der Waals surface area contributed by atoms with Gasteiger partial charge >= 0.3 is 0 Å². The normalized spacial score (nSPS) is 36.7. The molecule has 6 rings (SSSR count). The van der Waals surface area contributed by atoms with E-state index in [2.05, 4.69) is 5.32 Å². The predicted molar refractivity (Wildman–Crippen MR) is 125 cm³/mol. The van der Waals surface area contributed by atoms with Crippen molar-refractivity contribution in [3.8, 4) is 0 Å². The van der Waals surface area contributed by atoms with Crippen molar-refractivity contribution in [1.29, 1.82) is 0 Å². The van der Waals surface area contributed by atoms with Crippen LogP contribution in [0.4, 0.5) is 5.69 Å². The number of primary amides is 1. The minimum Gasteiger partial charge on any atom is -0.369 e. The van der Waals surface area contributed by atoms with E-state index in [1.54, 1.807) is 24.3 Å². The first-order chi connectivity index (χ1) is 15.2. The Morgan fingerprint density at radius 1 is 1.19 bits per heavy atom. The summed E-state index contributed by atoms with van der Waals surface area (Å²) in [6.07, 6.45) is 5.15. The molecular weight excluding hydrogens is 452 g/mol. The van der Waals surface area contributed by atoms with Gasteiger partial charge in [0.2, 0.25) is 11.8 Å². The second kappa shape index (κ2) is 8.06. The summed E-state index contributed by atoms with van der Waals surface area (Å²) < 4.78 is 25.0. The number of nitrogens with two attached hydrogens (primary N) is 1. The first kappa shape index (κ1) is 22.3. The van der Waals surface area contributed by atoms with Gasteiger partial charge in [-0.15, -0.1) is 0 Å². The molecule has 0 radical (unpaired) electrons. The van der Waals surface area contributed by atoms with Gasteiger partial charge in [-0.2, -0.15) is 4.31 Å². The lowest BCUT2D eigenvalue weighted by Gasteiger charge is -2.59. The van der Waals surface area contributed by atoms with E-state index in [1.807, 2.05) is 0 Å². The minimum atomic E-state index is -3.33. The average Bonchev–Trinajstić information content (AvgIpc) is 2.71. The Hall–Kier alpha value is -1.52. The summed E-state index contributed by atoms with van der Waals surface area (Å²) in [7, 11) is -3.33. The third kappa shape index (κ3) is 3.77. The smallest absolute Gasteiger partial charge is 0.236 e. The number of nitrogens with one attached hydrogen (secondary N) is 1. The molecule has 1 heterocycles. The van der Waals surface area contributed by atoms with Crippen LogP contribution in [0.1, 0.15) is 38.5 Å². The first-order valence-electron chi connectivity index (χ1n) is 11.3. The standard InChI is InChI=1S/C22H31ClN4O4S/c23-17-3-1-4-18(9-17)27-6-2-5-26(32(27,30)31)13-19(28)25-20-15-7-14-8-16(20)12-22(10-14,11-15)21(24)29/h1,3-4,9,14-16,20,30-31H,2,5-8,10-13H2,(H2,24,29)(H,25,28). The molecule has 8 nitrogen and oxygen atoms in total. The number of carbonyl (C=O) groups is 2. The van der Waals surface area contributed by atoms with Gasteiger partial charge in [0, 0.05) is 29.6 Å². The molecular formula is C22H31ClN4O4S. The largest absolute Gasteiger partial charge is 0.369 e. The number of hydrogen-bond donors (Lipinski definition) is 4. The highest BCUT2D eigenvalue weighted by Gasteiger charge is 2.58. The van der Waals surface area contributed by atoms with Gasteiger partial charge in [0.05, 0.1) is 12.2 Å². The Labute approximate surface area is 195 Å². The van der Waals surface area contributed by atoms with Crippen molar-refractivity contribution in [2.45, 2.75) is 44.6 Å². The lowest BCUT2D eigenvalue weighted by atomic mass is 9.47. The molecule has 4 aliphatic carbocycles. The van der Waals surface area contributed by atoms with Crippen LogP contribution in [0.25, 0.3) is 0 Å². The Bertz CT molecular complexity index is 915. The number of hydrogen-bond acceptors (Lipinski definition) is 6. The molecule has 1 aliphatic heterocycles. The van der Waals surface area contributed by atoms with E-state index in [1.165, 1.54) is 8.61 Å². The highest BCUT2D eigenvalue weighted by Crippen LogP contribution is 2.60. The molecule has 0 aromatic heterocycles. The van der Waals surface area contributed by atoms with Gasteiger partial charge in [-0.25, -0.2) is 0 Å². The Morgan fingerprint density at radius 2 is 1.91 bits per heavy atom. The summed E-state index contributed by atoms with van der Waals surface area (Å²) in [6.45, 7) is 0.821. The molecule has 1 aromatic carbocycles. The molecule has 0 spiro atoms. The molecule has 4 saturated carbocycles. The van der Waals surface area contributed by atoms with Gasteiger partial charge in [0.25, 0.3) is 0 Å². The summed E-state index contributed by atoms with van der Waals surface area (Å²) >= 11 is 6.09. The highest BCUT2D eigenvalue weighted by atomic mass is 35.5. The molecule has 5 N–H and O–H groups in total. The van der Waals surface area contributed by atoms with Crippen LogP contribution in [0.5, 0.6) is 0 Å². The second-order valence-electron chi connectivity index (χ2n) is 10.00. The minimum absolute atomic E-state index is 0.0298. The number of benzene rings is 1. The maximum atomic E-state index is 13.0. The number of nitrogens with zero attached hydrogens (tertiary/aromatic N) is 2. The zero-order valence-electron chi connectivity index (χ0n) is 18.0. The lowest BCUT2D eigenvalue weighted by Crippen LogP contribution is -2.62. The molecule has 2 atom stereocenters. The van der Waals surface area contributed by atoms with E-state index in [0.29, 0.717) is 36.1 Å². The van der Waals surface area contributed by atoms with Gasteiger partial charge in [0.15, 0.2) is 0 Å². The molecule has 4 bridgehead atoms. The SMILES string of the molecule is NC(=O)C12CC3CC(C1)C(NC(=O)CN1CCCN(c4cccc(Cl)c4)S1(O)O)C(C3)C2. The predicted octanol–water partition coefficient (Wildman–Crippen LogP) is 3.23. The van der Waals surface area contributed by atoms with Crippen LogP contribution in [-0.2, 0) is 9.59 Å². The third-order valence-corrected chi connectivity index (χ3v) is 10.2. The molecule has 1 aromatic rings. The van der Waals surface area contributed by atoms with Crippen molar-refractivity contribution in [1.82, 2.24) is 9.62 Å². The fourth-order valence-corrected chi connectivity index (χ4v) is 8.69. The zero-order valence-corrected chi connectivity index (χ0v) is 19.5. The fraction of sp³-hybridized carbons (Fsp3) is 0.636. The summed E-state index contributed by atoms with van der Waals surface area (Å²) in [6, 6.07) is 7.01. The average molecular weight is 483 g/mol. The van der Waals surface area contributed by atoms with Gasteiger partial charge in [-0.3, -0.25) is 23.0 Å². The van der Waals surface area contributed by atoms with E-state index >= 15 is 0 Å². The Balaban J connectivity index is 1.26. The van der Waals surface area contributed by atoms with E-state index in [0.717, 1.165) is 32.1 Å². The maximum absolute atomic E-state index is 13.0. The Kier molecular flexibility index (Phi) is 5.61. The van der Waals surface area contributed by atoms with Crippen molar-refractivity contribution in [3.05, 3.63) is 29.3 Å². The van der Waals surface area contributed by atoms with Crippen molar-refractivity contribution in [3.63, 3.8) is 0 Å². The molecule has 5 aliphatic rings. The van der Waals surface area contributed by atoms with Crippen LogP contribution in [0.15, 0.2) is 24.3 Å². The topological polar surface area (TPSA) is 119 Å². The summed E-state index contributed by atoms with van der Waals surface area (Å²) in [5, 5.41) is 3.70. The van der Waals surface area contributed by atoms with Crippen LogP contribution in [0.2, 0.25) is 5.02 Å². The van der Waals surface area contributed by atoms with Crippen molar-refractivity contribution < 1.29 is 18.7 Å². The maximum Gasteiger partial charge on any atom is 0.236 e. The van der Waals surface area contributed by atoms with Crippen molar-refractivity contribution >= 4 is 40.1 Å². The van der Waals surface area contributed by atoms with E-state index in [-0.39, 0.29) is 36.2 Å². The van der Waals surface area contributed by atoms with Gasteiger partial charge in [-0.05, 0) is 74.5 Å². The van der Waals surface area contributed by atoms with Crippen molar-refractivity contribution in [2.24, 2.45) is 28.9 Å². The van der Waals surface area contributed by atoms with E-state index in [4.69, 9.17) is 17.3 Å². The number of halogens is 1. The summed E-state index contributed by atoms with van der Waals surface area (Å²) in [5.74, 6) is 0.659. The van der Waals surface area contributed by atoms with Crippen LogP contribution < -0.4 is 15.4 Å². The fourth-order valence-electron chi connectivity index (χ4n) is 6.80. The Morgan fingerprint density at radius 3 is 2.56 bits per heavy atom. The lowest BCUT2D eigenvalue weighted by molar-refractivity contribution is -0.147. The van der Waals surface area contributed by atoms with Crippen LogP contribution >= 0.6 is 22.6 Å². The van der Waals surface area contributed by atoms with Gasteiger partial charge in [0.1, 0.15) is 0 Å². The molecule has 32 heavy (non-hydrogen) atoms. The molecule has 1 saturated heterocycles. The second-order valence-corrected chi connectivity index (χ2v) is 12.4. The summed E-state index contributed by atoms with van der Waals surface area (Å²) in [5.41, 5.74) is 6.00. The molecule has 5 fully saturated rings. The van der Waals surface area contributed by atoms with E-state index in [9.17, 15) is 18.7 Å². The first-order valence-corrected chi connectivity index (χ1v) is 13.2. The van der Waals surface area contributed by atoms with Crippen LogP contribution in [-0.4, -0.2) is 50.9 Å². The number of carbonyl (C=O) groups excluding carboxylic acids is 2. The van der Waals surface area contributed by atoms with Crippen LogP contribution in [0, 0.1) is 23.2 Å². The third-order valence-electron chi connectivity index (χ3n) is 7.95. The van der Waals surface area contributed by atoms with Gasteiger partial charge < -0.3 is 11.1 Å². The molecule has 176 valence electrons. The van der Waals surface area contributed by atoms with Crippen LogP contribution in [0.3, 0.4) is 0 Å². The quantitative estimate of drug-likeness (QED) is 0.511. The zero-order chi connectivity index (χ0) is 22.7. The van der Waals surface area contributed by atoms with E-state index < -0.39 is 16.4 Å². The highest BCUT2D eigenvalue weighted by molar-refractivity contribution is 8.23. The molecule has 10 heteroatoms. The number of rotatable bonds is 5. The summed E-state index contributed by atoms with van der Waals surface area (Å²) in [4.78, 5) is 25.2. The monoisotopic (exact) mass is 482 g/mol. The van der Waals surface area contributed by atoms with Crippen molar-refractivity contribution in [2.75, 3.05) is 23.9 Å². The number of anilines is 1.